The highest BCUT2D eigenvalue weighted by molar-refractivity contribution is 6.32. The largest absolute Gasteiger partial charge is 0.378 e. The zero-order valence-corrected chi connectivity index (χ0v) is 30.8. The molecule has 4 fully saturated rings. The Morgan fingerprint density at radius 1 is 0.981 bits per heavy atom. The lowest BCUT2D eigenvalue weighted by molar-refractivity contribution is -0.134. The number of hydrogen-bond donors (Lipinski definition) is 2. The Bertz CT molecular complexity index is 1920. The second kappa shape index (κ2) is 14.6. The first-order valence-corrected chi connectivity index (χ1v) is 18.7. The zero-order chi connectivity index (χ0) is 36.7. The number of carbonyl (C=O) groups is 3. The molecule has 3 aromatic rings. The molecule has 7 rings (SSSR count). The van der Waals surface area contributed by atoms with Crippen molar-refractivity contribution in [1.82, 2.24) is 24.9 Å². The fraction of sp³-hybridized carbons (Fsp3) is 0.513. The molecule has 0 saturated carbocycles. The van der Waals surface area contributed by atoms with Crippen LogP contribution >= 0.6 is 11.6 Å². The van der Waals surface area contributed by atoms with Gasteiger partial charge in [0.15, 0.2) is 0 Å². The van der Waals surface area contributed by atoms with Gasteiger partial charge in [-0.25, -0.2) is 9.07 Å². The summed E-state index contributed by atoms with van der Waals surface area (Å²) >= 11 is 6.32. The minimum Gasteiger partial charge on any atom is -0.378 e. The first-order valence-electron chi connectivity index (χ1n) is 18.3. The van der Waals surface area contributed by atoms with E-state index in [0.717, 1.165) is 77.1 Å². The predicted octanol–water partition coefficient (Wildman–Crippen LogP) is 4.82. The van der Waals surface area contributed by atoms with Crippen molar-refractivity contribution in [3.63, 3.8) is 0 Å². The third-order valence-corrected chi connectivity index (χ3v) is 12.3. The number of carbonyl (C=O) groups excluding carboxylic acids is 3. The van der Waals surface area contributed by atoms with Crippen molar-refractivity contribution < 1.29 is 18.8 Å². The number of amides is 3. The van der Waals surface area contributed by atoms with E-state index in [2.05, 4.69) is 44.7 Å². The number of imide groups is 1. The summed E-state index contributed by atoms with van der Waals surface area (Å²) in [6.45, 7) is 6.54. The number of benzene rings is 2. The number of nitrogens with zero attached hydrogens (tertiary/aromatic N) is 5. The number of aryl methyl sites for hydroxylation is 1. The highest BCUT2D eigenvalue weighted by atomic mass is 35.5. The van der Waals surface area contributed by atoms with Gasteiger partial charge >= 0.3 is 0 Å². The highest BCUT2D eigenvalue weighted by Gasteiger charge is 2.39. The van der Waals surface area contributed by atoms with Gasteiger partial charge in [0.05, 0.1) is 17.8 Å². The first-order chi connectivity index (χ1) is 24.9. The molecule has 276 valence electrons. The first kappa shape index (κ1) is 36.1. The van der Waals surface area contributed by atoms with Gasteiger partial charge in [0, 0.05) is 81.2 Å². The van der Waals surface area contributed by atoms with Gasteiger partial charge < -0.3 is 20.0 Å². The molecule has 5 heterocycles. The van der Waals surface area contributed by atoms with Crippen molar-refractivity contribution in [1.29, 1.82) is 0 Å². The number of likely N-dealkylation sites (tertiary alicyclic amines) is 2. The standard InChI is InChI=1S/C39H47ClFN7O4/c1-24-32(10-8-29(35(24)41)30-9-11-33(49)44-36(30)50)47-16-12-39(13-17-47)14-18-48(19-15-39)37(51)26-6-4-25(5-7-26)27-20-28(23-45(2)22-27)43-31-21-42-46(3)38(52)34(31)40/h4-8,10,21,27-28,30,43H,9,11-20,22-23H2,1-3H3,(H,44,49,50)/t27?,28-,30?/m1/s1. The maximum atomic E-state index is 15.6. The molecular weight excluding hydrogens is 685 g/mol. The van der Waals surface area contributed by atoms with Crippen LogP contribution in [-0.4, -0.2) is 89.7 Å². The normalized spacial score (nSPS) is 23.8. The van der Waals surface area contributed by atoms with Crippen molar-refractivity contribution in [3.05, 3.63) is 86.0 Å². The van der Waals surface area contributed by atoms with Crippen molar-refractivity contribution in [2.45, 2.75) is 69.7 Å². The molecule has 1 spiro atoms. The Kier molecular flexibility index (Phi) is 10.1. The van der Waals surface area contributed by atoms with Crippen molar-refractivity contribution in [3.8, 4) is 0 Å². The molecule has 1 aromatic heterocycles. The Morgan fingerprint density at radius 2 is 1.67 bits per heavy atom. The maximum absolute atomic E-state index is 15.6. The van der Waals surface area contributed by atoms with Crippen LogP contribution in [0.5, 0.6) is 0 Å². The summed E-state index contributed by atoms with van der Waals surface area (Å²) < 4.78 is 16.8. The van der Waals surface area contributed by atoms with Crippen LogP contribution in [0.1, 0.15) is 83.8 Å². The van der Waals surface area contributed by atoms with Crippen LogP contribution in [0.15, 0.2) is 47.4 Å². The van der Waals surface area contributed by atoms with Gasteiger partial charge in [-0.3, -0.25) is 24.5 Å². The van der Waals surface area contributed by atoms with Gasteiger partial charge in [-0.1, -0.05) is 29.8 Å². The number of anilines is 2. The van der Waals surface area contributed by atoms with E-state index in [1.54, 1.807) is 26.2 Å². The molecule has 4 aliphatic rings. The number of nitrogens with one attached hydrogen (secondary N) is 2. The van der Waals surface area contributed by atoms with E-state index in [0.29, 0.717) is 28.8 Å². The lowest BCUT2D eigenvalue weighted by Gasteiger charge is -2.47. The summed E-state index contributed by atoms with van der Waals surface area (Å²) in [6.07, 6.45) is 6.85. The fourth-order valence-corrected chi connectivity index (χ4v) is 9.01. The van der Waals surface area contributed by atoms with Crippen molar-refractivity contribution in [2.24, 2.45) is 12.5 Å². The Morgan fingerprint density at radius 3 is 2.37 bits per heavy atom. The fourth-order valence-electron chi connectivity index (χ4n) is 8.78. The van der Waals surface area contributed by atoms with Crippen LogP contribution in [0.25, 0.3) is 0 Å². The van der Waals surface area contributed by atoms with Crippen LogP contribution in [0.2, 0.25) is 5.02 Å². The van der Waals surface area contributed by atoms with E-state index < -0.39 is 11.8 Å². The lowest BCUT2D eigenvalue weighted by atomic mass is 9.71. The molecular formula is C39H47ClFN7O4. The molecule has 11 nitrogen and oxygen atoms in total. The van der Waals surface area contributed by atoms with Crippen LogP contribution in [0, 0.1) is 18.2 Å². The Balaban J connectivity index is 0.923. The summed E-state index contributed by atoms with van der Waals surface area (Å²) in [7, 11) is 3.66. The number of likely N-dealkylation sites (N-methyl/N-ethyl adjacent to an activating group) is 1. The van der Waals surface area contributed by atoms with E-state index in [-0.39, 0.29) is 52.0 Å². The molecule has 2 aromatic carbocycles. The van der Waals surface area contributed by atoms with Gasteiger partial charge in [0.25, 0.3) is 11.5 Å². The molecule has 2 N–H and O–H groups in total. The van der Waals surface area contributed by atoms with Crippen LogP contribution < -0.4 is 21.1 Å². The van der Waals surface area contributed by atoms with Crippen molar-refractivity contribution in [2.75, 3.05) is 56.5 Å². The minimum atomic E-state index is -0.645. The molecule has 4 aliphatic heterocycles. The lowest BCUT2D eigenvalue weighted by Crippen LogP contribution is -2.48. The van der Waals surface area contributed by atoms with Crippen LogP contribution in [0.4, 0.5) is 15.8 Å². The van der Waals surface area contributed by atoms with E-state index >= 15 is 4.39 Å². The topological polar surface area (TPSA) is 120 Å². The van der Waals surface area contributed by atoms with Crippen molar-refractivity contribution >= 4 is 40.7 Å². The highest BCUT2D eigenvalue weighted by Crippen LogP contribution is 2.43. The second-order valence-corrected chi connectivity index (χ2v) is 15.7. The number of halogens is 2. The molecule has 3 amide bonds. The third kappa shape index (κ3) is 7.19. The van der Waals surface area contributed by atoms with Crippen LogP contribution in [-0.2, 0) is 16.6 Å². The van der Waals surface area contributed by atoms with Gasteiger partial charge in [-0.2, -0.15) is 5.10 Å². The summed E-state index contributed by atoms with van der Waals surface area (Å²) in [5.74, 6) is -1.42. The van der Waals surface area contributed by atoms with E-state index in [4.69, 9.17) is 11.6 Å². The smallest absolute Gasteiger partial charge is 0.287 e. The van der Waals surface area contributed by atoms with Gasteiger partial charge in [0.2, 0.25) is 11.8 Å². The van der Waals surface area contributed by atoms with Gasteiger partial charge in [-0.05, 0) is 87.6 Å². The predicted molar refractivity (Wildman–Crippen MR) is 198 cm³/mol. The van der Waals surface area contributed by atoms with Crippen LogP contribution in [0.3, 0.4) is 0 Å². The summed E-state index contributed by atoms with van der Waals surface area (Å²) in [5, 5.41) is 10.0. The average Bonchev–Trinajstić information content (AvgIpc) is 3.14. The monoisotopic (exact) mass is 731 g/mol. The molecule has 13 heteroatoms. The molecule has 4 saturated heterocycles. The summed E-state index contributed by atoms with van der Waals surface area (Å²) in [6, 6.07) is 11.8. The molecule has 2 unspecified atom stereocenters. The number of aromatic nitrogens is 2. The van der Waals surface area contributed by atoms with E-state index in [9.17, 15) is 19.2 Å². The Labute approximate surface area is 308 Å². The maximum Gasteiger partial charge on any atom is 0.287 e. The Hall–Kier alpha value is -4.29. The molecule has 0 radical (unpaired) electrons. The summed E-state index contributed by atoms with van der Waals surface area (Å²) in [4.78, 5) is 56.3. The van der Waals surface area contributed by atoms with Gasteiger partial charge in [0.1, 0.15) is 10.8 Å². The molecule has 3 atom stereocenters. The average molecular weight is 732 g/mol. The zero-order valence-electron chi connectivity index (χ0n) is 30.1. The molecule has 0 aliphatic carbocycles. The summed E-state index contributed by atoms with van der Waals surface area (Å²) in [5.41, 5.74) is 4.01. The SMILES string of the molecule is Cc1c(N2CCC3(CCN(C(=O)c4ccc(C5C[C@@H](Nc6cnn(C)c(=O)c6Cl)CN(C)C5)cc4)CC3)CC2)ccc(C2CCC(=O)NC2=O)c1F. The number of piperidine rings is 4. The molecule has 0 bridgehead atoms. The third-order valence-electron chi connectivity index (χ3n) is 12.0. The quantitative estimate of drug-likeness (QED) is 0.347. The van der Waals surface area contributed by atoms with Gasteiger partial charge in [-0.15, -0.1) is 0 Å². The van der Waals surface area contributed by atoms with E-state index in [1.807, 2.05) is 23.1 Å². The molecule has 52 heavy (non-hydrogen) atoms. The van der Waals surface area contributed by atoms with E-state index in [1.165, 1.54) is 10.2 Å². The second-order valence-electron chi connectivity index (χ2n) is 15.3. The number of hydrogen-bond acceptors (Lipinski definition) is 8. The minimum absolute atomic E-state index is 0.0640. The number of rotatable bonds is 6.